The van der Waals surface area contributed by atoms with Crippen molar-refractivity contribution in [1.29, 1.82) is 0 Å². The first-order chi connectivity index (χ1) is 9.56. The van der Waals surface area contributed by atoms with E-state index < -0.39 is 12.1 Å². The van der Waals surface area contributed by atoms with E-state index in [1.165, 1.54) is 0 Å². The molecule has 1 unspecified atom stereocenters. The summed E-state index contributed by atoms with van der Waals surface area (Å²) in [5.41, 5.74) is 6.20. The highest BCUT2D eigenvalue weighted by Gasteiger charge is 2.29. The van der Waals surface area contributed by atoms with Crippen LogP contribution < -0.4 is 11.1 Å². The first kappa shape index (κ1) is 14.4. The van der Waals surface area contributed by atoms with Crippen LogP contribution in [0.2, 0.25) is 0 Å². The van der Waals surface area contributed by atoms with E-state index in [9.17, 15) is 9.59 Å². The van der Waals surface area contributed by atoms with Crippen LogP contribution in [0.4, 0.5) is 4.79 Å². The Bertz CT molecular complexity index is 475. The second kappa shape index (κ2) is 6.41. The van der Waals surface area contributed by atoms with Crippen molar-refractivity contribution in [3.63, 3.8) is 0 Å². The van der Waals surface area contributed by atoms with Crippen molar-refractivity contribution < 1.29 is 9.59 Å². The highest BCUT2D eigenvalue weighted by molar-refractivity contribution is 5.87. The zero-order valence-electron chi connectivity index (χ0n) is 11.7. The smallest absolute Gasteiger partial charge is 0.312 e. The molecule has 5 heteroatoms. The molecule has 108 valence electrons. The Balaban J connectivity index is 2.06. The van der Waals surface area contributed by atoms with E-state index in [2.05, 4.69) is 12.2 Å². The van der Waals surface area contributed by atoms with Crippen LogP contribution in [-0.4, -0.2) is 36.0 Å². The summed E-state index contributed by atoms with van der Waals surface area (Å²) in [5.74, 6) is 0.474. The number of hydrogen-bond acceptors (Lipinski definition) is 2. The Morgan fingerprint density at radius 1 is 1.40 bits per heavy atom. The van der Waals surface area contributed by atoms with Crippen molar-refractivity contribution in [3.8, 4) is 0 Å². The van der Waals surface area contributed by atoms with Gasteiger partial charge in [-0.25, -0.2) is 4.79 Å². The van der Waals surface area contributed by atoms with Gasteiger partial charge in [-0.05, 0) is 17.9 Å². The van der Waals surface area contributed by atoms with E-state index in [1.807, 2.05) is 35.2 Å². The molecule has 1 saturated heterocycles. The van der Waals surface area contributed by atoms with Crippen LogP contribution in [0.5, 0.6) is 0 Å². The molecule has 1 aromatic carbocycles. The quantitative estimate of drug-likeness (QED) is 0.864. The van der Waals surface area contributed by atoms with E-state index in [0.717, 1.165) is 25.1 Å². The van der Waals surface area contributed by atoms with Gasteiger partial charge in [0.25, 0.3) is 0 Å². The lowest BCUT2D eigenvalue weighted by Crippen LogP contribution is -2.50. The van der Waals surface area contributed by atoms with Gasteiger partial charge < -0.3 is 16.0 Å². The summed E-state index contributed by atoms with van der Waals surface area (Å²) in [6, 6.07) is 8.39. The highest BCUT2D eigenvalue weighted by Crippen LogP contribution is 2.17. The van der Waals surface area contributed by atoms with Crippen molar-refractivity contribution in [2.45, 2.75) is 25.8 Å². The van der Waals surface area contributed by atoms with Crippen molar-refractivity contribution in [2.75, 3.05) is 13.1 Å². The van der Waals surface area contributed by atoms with E-state index in [4.69, 9.17) is 5.73 Å². The van der Waals surface area contributed by atoms with E-state index >= 15 is 0 Å². The summed E-state index contributed by atoms with van der Waals surface area (Å²) in [6.07, 6.45) is 1.48. The van der Waals surface area contributed by atoms with Crippen LogP contribution in [-0.2, 0) is 11.2 Å². The SMILES string of the molecule is C[C@@H]1CCN(C(=O)C(Cc2ccccc2)NC(N)=O)C1. The van der Waals surface area contributed by atoms with Gasteiger partial charge in [-0.2, -0.15) is 0 Å². The number of hydrogen-bond donors (Lipinski definition) is 2. The molecule has 3 amide bonds. The molecule has 0 aromatic heterocycles. The Labute approximate surface area is 119 Å². The van der Waals surface area contributed by atoms with Gasteiger partial charge in [0.1, 0.15) is 6.04 Å². The Hall–Kier alpha value is -2.04. The van der Waals surface area contributed by atoms with Crippen molar-refractivity contribution in [3.05, 3.63) is 35.9 Å². The third-order valence-corrected chi connectivity index (χ3v) is 3.63. The first-order valence-electron chi connectivity index (χ1n) is 6.95. The van der Waals surface area contributed by atoms with Crippen LogP contribution in [0.3, 0.4) is 0 Å². The lowest BCUT2D eigenvalue weighted by molar-refractivity contribution is -0.132. The van der Waals surface area contributed by atoms with Gasteiger partial charge in [0.2, 0.25) is 5.91 Å². The number of nitrogens with zero attached hydrogens (tertiary/aromatic N) is 1. The summed E-state index contributed by atoms with van der Waals surface area (Å²) in [4.78, 5) is 25.4. The van der Waals surface area contributed by atoms with Crippen LogP contribution in [0, 0.1) is 5.92 Å². The Morgan fingerprint density at radius 2 is 2.10 bits per heavy atom. The fourth-order valence-corrected chi connectivity index (χ4v) is 2.58. The van der Waals surface area contributed by atoms with Gasteiger partial charge in [-0.3, -0.25) is 4.79 Å². The Kier molecular flexibility index (Phi) is 4.61. The van der Waals surface area contributed by atoms with Crippen molar-refractivity contribution in [2.24, 2.45) is 11.7 Å². The molecule has 0 spiro atoms. The summed E-state index contributed by atoms with van der Waals surface area (Å²) < 4.78 is 0. The minimum absolute atomic E-state index is 0.0444. The molecule has 2 rings (SSSR count). The number of nitrogens with two attached hydrogens (primary N) is 1. The van der Waals surface area contributed by atoms with Crippen LogP contribution in [0.15, 0.2) is 30.3 Å². The summed E-state index contributed by atoms with van der Waals surface area (Å²) in [7, 11) is 0. The topological polar surface area (TPSA) is 75.4 Å². The molecule has 1 aliphatic rings. The van der Waals surface area contributed by atoms with E-state index in [1.54, 1.807) is 0 Å². The molecule has 0 radical (unpaired) electrons. The zero-order chi connectivity index (χ0) is 14.5. The van der Waals surface area contributed by atoms with E-state index in [-0.39, 0.29) is 5.91 Å². The lowest BCUT2D eigenvalue weighted by atomic mass is 10.0. The fourth-order valence-electron chi connectivity index (χ4n) is 2.58. The van der Waals surface area contributed by atoms with Gasteiger partial charge in [-0.15, -0.1) is 0 Å². The number of carbonyl (C=O) groups is 2. The molecule has 5 nitrogen and oxygen atoms in total. The van der Waals surface area contributed by atoms with Crippen molar-refractivity contribution >= 4 is 11.9 Å². The van der Waals surface area contributed by atoms with E-state index in [0.29, 0.717) is 12.3 Å². The number of urea groups is 1. The summed E-state index contributed by atoms with van der Waals surface area (Å²) >= 11 is 0. The zero-order valence-corrected chi connectivity index (χ0v) is 11.7. The predicted molar refractivity (Wildman–Crippen MR) is 77.0 cm³/mol. The number of primary amides is 1. The number of benzene rings is 1. The van der Waals surface area contributed by atoms with Crippen LogP contribution >= 0.6 is 0 Å². The number of rotatable bonds is 4. The Morgan fingerprint density at radius 3 is 2.65 bits per heavy atom. The molecule has 0 aliphatic carbocycles. The molecule has 1 aromatic rings. The predicted octanol–water partition coefficient (Wildman–Crippen LogP) is 1.13. The molecule has 1 heterocycles. The van der Waals surface area contributed by atoms with Gasteiger partial charge in [0.05, 0.1) is 0 Å². The maximum absolute atomic E-state index is 12.5. The number of amides is 3. The molecule has 0 bridgehead atoms. The normalized spacial score (nSPS) is 19.6. The first-order valence-corrected chi connectivity index (χ1v) is 6.95. The maximum atomic E-state index is 12.5. The number of likely N-dealkylation sites (tertiary alicyclic amines) is 1. The van der Waals surface area contributed by atoms with Gasteiger partial charge in [-0.1, -0.05) is 37.3 Å². The van der Waals surface area contributed by atoms with Crippen LogP contribution in [0.25, 0.3) is 0 Å². The monoisotopic (exact) mass is 275 g/mol. The average molecular weight is 275 g/mol. The third-order valence-electron chi connectivity index (χ3n) is 3.63. The molecule has 1 aliphatic heterocycles. The molecule has 20 heavy (non-hydrogen) atoms. The second-order valence-corrected chi connectivity index (χ2v) is 5.43. The van der Waals surface area contributed by atoms with Gasteiger partial charge >= 0.3 is 6.03 Å². The highest BCUT2D eigenvalue weighted by atomic mass is 16.2. The molecule has 1 fully saturated rings. The fraction of sp³-hybridized carbons (Fsp3) is 0.467. The van der Waals surface area contributed by atoms with Gasteiger partial charge in [0, 0.05) is 19.5 Å². The van der Waals surface area contributed by atoms with Crippen molar-refractivity contribution in [1.82, 2.24) is 10.2 Å². The van der Waals surface area contributed by atoms with Gasteiger partial charge in [0.15, 0.2) is 0 Å². The molecule has 2 atom stereocenters. The molecule has 0 saturated carbocycles. The summed E-state index contributed by atoms with van der Waals surface area (Å²) in [6.45, 7) is 3.64. The third kappa shape index (κ3) is 3.73. The number of nitrogens with one attached hydrogen (secondary N) is 1. The maximum Gasteiger partial charge on any atom is 0.312 e. The largest absolute Gasteiger partial charge is 0.352 e. The number of carbonyl (C=O) groups excluding carboxylic acids is 2. The minimum Gasteiger partial charge on any atom is -0.352 e. The summed E-state index contributed by atoms with van der Waals surface area (Å²) in [5, 5.41) is 2.57. The lowest BCUT2D eigenvalue weighted by Gasteiger charge is -2.23. The molecule has 3 N–H and O–H groups in total. The standard InChI is InChI=1S/C15H21N3O2/c1-11-7-8-18(10-11)14(19)13(17-15(16)20)9-12-5-3-2-4-6-12/h2-6,11,13H,7-10H2,1H3,(H3,16,17,20)/t11-,13?/m1/s1. The second-order valence-electron chi connectivity index (χ2n) is 5.43. The molecular formula is C15H21N3O2. The minimum atomic E-state index is -0.661. The van der Waals surface area contributed by atoms with Crippen LogP contribution in [0.1, 0.15) is 18.9 Å². The molecular weight excluding hydrogens is 254 g/mol. The average Bonchev–Trinajstić information content (AvgIpc) is 2.84.